The van der Waals surface area contributed by atoms with Gasteiger partial charge in [-0.3, -0.25) is 0 Å². The Bertz CT molecular complexity index is 485. The van der Waals surface area contributed by atoms with E-state index in [1.54, 1.807) is 0 Å². The molecule has 4 heteroatoms. The predicted octanol–water partition coefficient (Wildman–Crippen LogP) is 3.23. The van der Waals surface area contributed by atoms with Crippen LogP contribution in [0.4, 0.5) is 5.69 Å². The normalized spacial score (nSPS) is 22.9. The highest BCUT2D eigenvalue weighted by atomic mass is 79.9. The Morgan fingerprint density at radius 3 is 2.76 bits per heavy atom. The number of piperidine rings is 1. The minimum Gasteiger partial charge on any atom is -0.370 e. The van der Waals surface area contributed by atoms with Crippen molar-refractivity contribution in [3.63, 3.8) is 0 Å². The van der Waals surface area contributed by atoms with Gasteiger partial charge in [0.15, 0.2) is 0 Å². The summed E-state index contributed by atoms with van der Waals surface area (Å²) in [4.78, 5) is 4.88. The lowest BCUT2D eigenvalue weighted by Crippen LogP contribution is -2.45. The molecule has 1 aromatic carbocycles. The van der Waals surface area contributed by atoms with Gasteiger partial charge in [0, 0.05) is 41.9 Å². The third-order valence-corrected chi connectivity index (χ3v) is 5.43. The molecule has 0 bridgehead atoms. The van der Waals surface area contributed by atoms with Gasteiger partial charge in [0.25, 0.3) is 0 Å². The molecule has 1 atom stereocenters. The molecule has 0 aromatic heterocycles. The summed E-state index contributed by atoms with van der Waals surface area (Å²) in [6.45, 7) is 3.29. The summed E-state index contributed by atoms with van der Waals surface area (Å²) in [5.41, 5.74) is 2.72. The number of rotatable bonds is 5. The molecule has 3 rings (SSSR count). The minimum atomic E-state index is 0.675. The van der Waals surface area contributed by atoms with Crippen LogP contribution in [0.15, 0.2) is 22.7 Å². The largest absolute Gasteiger partial charge is 0.370 e. The number of nitrogens with one attached hydrogen (secondary N) is 1. The van der Waals surface area contributed by atoms with Crippen molar-refractivity contribution >= 4 is 21.6 Å². The molecule has 1 N–H and O–H groups in total. The Balaban J connectivity index is 1.65. The van der Waals surface area contributed by atoms with Crippen molar-refractivity contribution in [1.82, 2.24) is 10.2 Å². The van der Waals surface area contributed by atoms with Crippen LogP contribution in [-0.2, 0) is 6.54 Å². The Morgan fingerprint density at radius 1 is 1.29 bits per heavy atom. The highest BCUT2D eigenvalue weighted by Gasteiger charge is 2.23. The summed E-state index contributed by atoms with van der Waals surface area (Å²) in [5, 5.41) is 3.58. The molecule has 1 heterocycles. The Kier molecular flexibility index (Phi) is 4.87. The van der Waals surface area contributed by atoms with Crippen LogP contribution in [-0.4, -0.2) is 44.2 Å². The molecule has 1 saturated heterocycles. The second-order valence-corrected chi connectivity index (χ2v) is 7.49. The Hall–Kier alpha value is -0.580. The fraction of sp³-hybridized carbons (Fsp3) is 0.647. The second kappa shape index (κ2) is 6.67. The van der Waals surface area contributed by atoms with Crippen molar-refractivity contribution in [3.8, 4) is 0 Å². The summed E-state index contributed by atoms with van der Waals surface area (Å²) in [7, 11) is 4.38. The van der Waals surface area contributed by atoms with Crippen LogP contribution < -0.4 is 10.2 Å². The average molecular weight is 352 g/mol. The molecule has 1 aliphatic heterocycles. The van der Waals surface area contributed by atoms with Crippen molar-refractivity contribution < 1.29 is 0 Å². The molecule has 21 heavy (non-hydrogen) atoms. The van der Waals surface area contributed by atoms with E-state index in [1.165, 1.54) is 48.0 Å². The van der Waals surface area contributed by atoms with Gasteiger partial charge in [0.1, 0.15) is 0 Å². The molecule has 1 aromatic rings. The molecule has 1 unspecified atom stereocenters. The van der Waals surface area contributed by atoms with Crippen LogP contribution in [0, 0.1) is 0 Å². The monoisotopic (exact) mass is 351 g/mol. The molecule has 0 spiro atoms. The number of hydrogen-bond donors (Lipinski definition) is 1. The maximum atomic E-state index is 3.75. The topological polar surface area (TPSA) is 18.5 Å². The van der Waals surface area contributed by atoms with Gasteiger partial charge < -0.3 is 15.1 Å². The van der Waals surface area contributed by atoms with Gasteiger partial charge >= 0.3 is 0 Å². The van der Waals surface area contributed by atoms with Gasteiger partial charge in [0.2, 0.25) is 0 Å². The van der Waals surface area contributed by atoms with Crippen molar-refractivity contribution in [1.29, 1.82) is 0 Å². The minimum absolute atomic E-state index is 0.675. The zero-order valence-corrected chi connectivity index (χ0v) is 14.7. The van der Waals surface area contributed by atoms with Crippen molar-refractivity contribution in [2.75, 3.05) is 32.1 Å². The van der Waals surface area contributed by atoms with Crippen LogP contribution in [0.3, 0.4) is 0 Å². The second-order valence-electron chi connectivity index (χ2n) is 6.64. The molecule has 2 fully saturated rings. The van der Waals surface area contributed by atoms with Gasteiger partial charge in [-0.05, 0) is 57.5 Å². The van der Waals surface area contributed by atoms with Crippen molar-refractivity contribution in [3.05, 3.63) is 28.2 Å². The lowest BCUT2D eigenvalue weighted by molar-refractivity contribution is 0.258. The van der Waals surface area contributed by atoms with E-state index >= 15 is 0 Å². The van der Waals surface area contributed by atoms with E-state index in [9.17, 15) is 0 Å². The van der Waals surface area contributed by atoms with E-state index in [4.69, 9.17) is 0 Å². The lowest BCUT2D eigenvalue weighted by atomic mass is 10.0. The van der Waals surface area contributed by atoms with Crippen molar-refractivity contribution in [2.45, 2.75) is 44.3 Å². The van der Waals surface area contributed by atoms with E-state index < -0.39 is 0 Å². The van der Waals surface area contributed by atoms with Gasteiger partial charge in [-0.15, -0.1) is 0 Å². The Morgan fingerprint density at radius 2 is 2.10 bits per heavy atom. The smallest absolute Gasteiger partial charge is 0.0378 e. The maximum absolute atomic E-state index is 3.75. The first-order valence-electron chi connectivity index (χ1n) is 8.06. The van der Waals surface area contributed by atoms with Crippen LogP contribution >= 0.6 is 15.9 Å². The first kappa shape index (κ1) is 15.3. The first-order valence-corrected chi connectivity index (χ1v) is 8.86. The molecule has 116 valence electrons. The molecule has 2 aliphatic rings. The quantitative estimate of drug-likeness (QED) is 0.878. The van der Waals surface area contributed by atoms with E-state index in [2.05, 4.69) is 63.3 Å². The molecular formula is C17H26BrN3. The number of halogens is 1. The highest BCUT2D eigenvalue weighted by molar-refractivity contribution is 9.10. The number of hydrogen-bond acceptors (Lipinski definition) is 3. The number of likely N-dealkylation sites (N-methyl/N-ethyl adjacent to an activating group) is 1. The lowest BCUT2D eigenvalue weighted by Gasteiger charge is -2.37. The van der Waals surface area contributed by atoms with Crippen LogP contribution in [0.1, 0.15) is 31.2 Å². The third-order valence-electron chi connectivity index (χ3n) is 4.69. The van der Waals surface area contributed by atoms with Gasteiger partial charge in [-0.2, -0.15) is 0 Å². The van der Waals surface area contributed by atoms with E-state index in [1.807, 2.05) is 0 Å². The van der Waals surface area contributed by atoms with Gasteiger partial charge in [-0.25, -0.2) is 0 Å². The summed E-state index contributed by atoms with van der Waals surface area (Å²) in [6, 6.07) is 8.29. The molecule has 0 radical (unpaired) electrons. The zero-order valence-electron chi connectivity index (χ0n) is 13.1. The highest BCUT2D eigenvalue weighted by Crippen LogP contribution is 2.28. The summed E-state index contributed by atoms with van der Waals surface area (Å²) in [6.07, 6.45) is 5.28. The van der Waals surface area contributed by atoms with E-state index in [0.29, 0.717) is 6.04 Å². The Labute approximate surface area is 136 Å². The zero-order chi connectivity index (χ0) is 14.8. The molecule has 3 nitrogen and oxygen atoms in total. The van der Waals surface area contributed by atoms with E-state index in [0.717, 1.165) is 19.1 Å². The fourth-order valence-electron chi connectivity index (χ4n) is 3.03. The van der Waals surface area contributed by atoms with E-state index in [-0.39, 0.29) is 0 Å². The number of nitrogens with zero attached hydrogens (tertiary/aromatic N) is 2. The van der Waals surface area contributed by atoms with Gasteiger partial charge in [-0.1, -0.05) is 22.0 Å². The number of benzene rings is 1. The summed E-state index contributed by atoms with van der Waals surface area (Å²) >= 11 is 3.75. The standard InChI is InChI=1S/C17H26BrN3/c1-20(2)16-4-3-9-21(12-16)15-8-5-13(17(18)10-15)11-19-14-6-7-14/h5,8,10,14,16,19H,3-4,6-7,9,11-12H2,1-2H3. The van der Waals surface area contributed by atoms with Crippen LogP contribution in [0.2, 0.25) is 0 Å². The number of anilines is 1. The molecule has 0 amide bonds. The molecule has 1 aliphatic carbocycles. The first-order chi connectivity index (χ1) is 10.1. The van der Waals surface area contributed by atoms with Crippen LogP contribution in [0.25, 0.3) is 0 Å². The van der Waals surface area contributed by atoms with Crippen LogP contribution in [0.5, 0.6) is 0 Å². The SMILES string of the molecule is CN(C)C1CCCN(c2ccc(CNC3CC3)c(Br)c2)C1. The molecular weight excluding hydrogens is 326 g/mol. The third kappa shape index (κ3) is 3.99. The fourth-order valence-corrected chi connectivity index (χ4v) is 3.54. The predicted molar refractivity (Wildman–Crippen MR) is 92.9 cm³/mol. The van der Waals surface area contributed by atoms with Gasteiger partial charge in [0.05, 0.1) is 0 Å². The molecule has 1 saturated carbocycles. The summed E-state index contributed by atoms with van der Waals surface area (Å²) in [5.74, 6) is 0. The van der Waals surface area contributed by atoms with Crippen molar-refractivity contribution in [2.24, 2.45) is 0 Å². The summed E-state index contributed by atoms with van der Waals surface area (Å²) < 4.78 is 1.24. The average Bonchev–Trinajstić information content (AvgIpc) is 3.30. The maximum Gasteiger partial charge on any atom is 0.0378 e.